The molecule has 1 aliphatic rings. The van der Waals surface area contributed by atoms with Crippen molar-refractivity contribution in [3.63, 3.8) is 0 Å². The summed E-state index contributed by atoms with van der Waals surface area (Å²) in [7, 11) is 0. The molecule has 24 heavy (non-hydrogen) atoms. The summed E-state index contributed by atoms with van der Waals surface area (Å²) in [6.45, 7) is 3.18. The molecule has 1 aromatic carbocycles. The van der Waals surface area contributed by atoms with Crippen molar-refractivity contribution in [3.05, 3.63) is 29.8 Å². The average molecular weight is 344 g/mol. The van der Waals surface area contributed by atoms with E-state index in [1.54, 1.807) is 0 Å². The van der Waals surface area contributed by atoms with Crippen molar-refractivity contribution in [1.29, 1.82) is 0 Å². The van der Waals surface area contributed by atoms with Gasteiger partial charge in [-0.15, -0.1) is 0 Å². The smallest absolute Gasteiger partial charge is 0.369 e. The summed E-state index contributed by atoms with van der Waals surface area (Å²) < 4.78 is 37.7. The third-order valence-corrected chi connectivity index (χ3v) is 3.85. The van der Waals surface area contributed by atoms with E-state index in [1.165, 1.54) is 12.1 Å². The molecular weight excluding hydrogens is 325 g/mol. The SMILES string of the molecule is NC(=O)NC(=O)CCN1CCN(c2ccc(C(F)(F)F)cc2)CC1. The average Bonchev–Trinajstić information content (AvgIpc) is 2.52. The van der Waals surface area contributed by atoms with Gasteiger partial charge in [0.15, 0.2) is 0 Å². The Morgan fingerprint density at radius 2 is 1.67 bits per heavy atom. The minimum atomic E-state index is -4.33. The van der Waals surface area contributed by atoms with Gasteiger partial charge in [-0.3, -0.25) is 15.0 Å². The second kappa shape index (κ2) is 7.52. The quantitative estimate of drug-likeness (QED) is 0.866. The molecule has 0 aliphatic carbocycles. The lowest BCUT2D eigenvalue weighted by Crippen LogP contribution is -2.47. The minimum Gasteiger partial charge on any atom is -0.369 e. The molecule has 0 radical (unpaired) electrons. The molecule has 1 aromatic rings. The number of carbonyl (C=O) groups is 2. The first-order valence-corrected chi connectivity index (χ1v) is 7.49. The standard InChI is InChI=1S/C15H19F3N4O2/c16-15(17,18)11-1-3-12(4-2-11)22-9-7-21(8-10-22)6-5-13(23)20-14(19)24/h1-4H,5-10H2,(H3,19,20,23,24). The lowest BCUT2D eigenvalue weighted by atomic mass is 10.1. The van der Waals surface area contributed by atoms with Gasteiger partial charge in [0.2, 0.25) is 5.91 Å². The van der Waals surface area contributed by atoms with E-state index in [4.69, 9.17) is 5.73 Å². The number of urea groups is 1. The third-order valence-electron chi connectivity index (χ3n) is 3.85. The van der Waals surface area contributed by atoms with Crippen LogP contribution in [0.15, 0.2) is 24.3 Å². The summed E-state index contributed by atoms with van der Waals surface area (Å²) in [4.78, 5) is 26.0. The van der Waals surface area contributed by atoms with Gasteiger partial charge in [0.1, 0.15) is 0 Å². The van der Waals surface area contributed by atoms with Crippen LogP contribution in [-0.4, -0.2) is 49.6 Å². The molecule has 0 bridgehead atoms. The normalized spacial score (nSPS) is 16.0. The Balaban J connectivity index is 1.80. The molecule has 0 aromatic heterocycles. The third kappa shape index (κ3) is 5.12. The van der Waals surface area contributed by atoms with Crippen LogP contribution in [-0.2, 0) is 11.0 Å². The Labute approximate surface area is 137 Å². The number of piperazine rings is 1. The highest BCUT2D eigenvalue weighted by Crippen LogP contribution is 2.30. The van der Waals surface area contributed by atoms with E-state index >= 15 is 0 Å². The second-order valence-electron chi connectivity index (χ2n) is 5.54. The number of imide groups is 1. The van der Waals surface area contributed by atoms with E-state index in [-0.39, 0.29) is 6.42 Å². The minimum absolute atomic E-state index is 0.170. The zero-order chi connectivity index (χ0) is 17.7. The van der Waals surface area contributed by atoms with E-state index < -0.39 is 23.7 Å². The van der Waals surface area contributed by atoms with E-state index in [0.717, 1.165) is 17.8 Å². The summed E-state index contributed by atoms with van der Waals surface area (Å²) in [5.74, 6) is -0.423. The van der Waals surface area contributed by atoms with Crippen molar-refractivity contribution in [2.24, 2.45) is 5.73 Å². The maximum absolute atomic E-state index is 12.6. The first-order chi connectivity index (χ1) is 11.3. The number of halogens is 3. The van der Waals surface area contributed by atoms with Crippen LogP contribution in [0.5, 0.6) is 0 Å². The van der Waals surface area contributed by atoms with Gasteiger partial charge in [0.25, 0.3) is 0 Å². The zero-order valence-electron chi connectivity index (χ0n) is 13.0. The summed E-state index contributed by atoms with van der Waals surface area (Å²) in [6.07, 6.45) is -4.16. The molecule has 1 aliphatic heterocycles. The molecule has 9 heteroatoms. The molecule has 0 unspecified atom stereocenters. The van der Waals surface area contributed by atoms with E-state index in [1.807, 2.05) is 10.2 Å². The second-order valence-corrected chi connectivity index (χ2v) is 5.54. The number of benzene rings is 1. The lowest BCUT2D eigenvalue weighted by molar-refractivity contribution is -0.137. The number of primary amides is 1. The molecule has 1 heterocycles. The molecule has 0 atom stereocenters. The van der Waals surface area contributed by atoms with Crippen molar-refractivity contribution in [2.45, 2.75) is 12.6 Å². The topological polar surface area (TPSA) is 78.7 Å². The number of anilines is 1. The van der Waals surface area contributed by atoms with Gasteiger partial charge in [-0.2, -0.15) is 13.2 Å². The number of carbonyl (C=O) groups excluding carboxylic acids is 2. The predicted molar refractivity (Wildman–Crippen MR) is 82.4 cm³/mol. The fraction of sp³-hybridized carbons (Fsp3) is 0.467. The van der Waals surface area contributed by atoms with Crippen LogP contribution in [0, 0.1) is 0 Å². The summed E-state index contributed by atoms with van der Waals surface area (Å²) >= 11 is 0. The molecule has 3 amide bonds. The molecule has 3 N–H and O–H groups in total. The fourth-order valence-corrected chi connectivity index (χ4v) is 2.55. The highest BCUT2D eigenvalue weighted by molar-refractivity contribution is 5.93. The van der Waals surface area contributed by atoms with Crippen molar-refractivity contribution < 1.29 is 22.8 Å². The number of alkyl halides is 3. The first-order valence-electron chi connectivity index (χ1n) is 7.49. The van der Waals surface area contributed by atoms with Crippen LogP contribution in [0.3, 0.4) is 0 Å². The number of amides is 3. The van der Waals surface area contributed by atoms with E-state index in [9.17, 15) is 22.8 Å². The largest absolute Gasteiger partial charge is 0.416 e. The van der Waals surface area contributed by atoms with Gasteiger partial charge in [-0.25, -0.2) is 4.79 Å². The molecule has 1 fully saturated rings. The van der Waals surface area contributed by atoms with Crippen molar-refractivity contribution >= 4 is 17.6 Å². The molecule has 132 valence electrons. The van der Waals surface area contributed by atoms with Crippen LogP contribution in [0.4, 0.5) is 23.7 Å². The van der Waals surface area contributed by atoms with Gasteiger partial charge in [0, 0.05) is 44.8 Å². The van der Waals surface area contributed by atoms with Gasteiger partial charge >= 0.3 is 12.2 Å². The Morgan fingerprint density at radius 1 is 1.08 bits per heavy atom. The summed E-state index contributed by atoms with van der Waals surface area (Å²) in [5.41, 5.74) is 4.94. The number of rotatable bonds is 4. The predicted octanol–water partition coefficient (Wildman–Crippen LogP) is 1.41. The molecule has 0 saturated carbocycles. The highest BCUT2D eigenvalue weighted by atomic mass is 19.4. The highest BCUT2D eigenvalue weighted by Gasteiger charge is 2.30. The number of hydrogen-bond acceptors (Lipinski definition) is 4. The lowest BCUT2D eigenvalue weighted by Gasteiger charge is -2.36. The van der Waals surface area contributed by atoms with Gasteiger partial charge < -0.3 is 10.6 Å². The van der Waals surface area contributed by atoms with Crippen molar-refractivity contribution in [3.8, 4) is 0 Å². The number of nitrogens with two attached hydrogens (primary N) is 1. The Hall–Kier alpha value is -2.29. The van der Waals surface area contributed by atoms with Crippen LogP contribution >= 0.6 is 0 Å². The van der Waals surface area contributed by atoms with Crippen molar-refractivity contribution in [1.82, 2.24) is 10.2 Å². The summed E-state index contributed by atoms with van der Waals surface area (Å²) in [5, 5.41) is 2.01. The Bertz CT molecular complexity index is 581. The number of nitrogens with zero attached hydrogens (tertiary/aromatic N) is 2. The first kappa shape index (κ1) is 18.1. The van der Waals surface area contributed by atoms with Crippen LogP contribution in [0.25, 0.3) is 0 Å². The number of hydrogen-bond donors (Lipinski definition) is 2. The summed E-state index contributed by atoms with van der Waals surface area (Å²) in [6, 6.07) is 4.23. The van der Waals surface area contributed by atoms with Crippen molar-refractivity contribution in [2.75, 3.05) is 37.6 Å². The monoisotopic (exact) mass is 344 g/mol. The molecule has 2 rings (SSSR count). The number of nitrogens with one attached hydrogen (secondary N) is 1. The molecular formula is C15H19F3N4O2. The molecule has 1 saturated heterocycles. The van der Waals surface area contributed by atoms with Crippen LogP contribution in [0.1, 0.15) is 12.0 Å². The Morgan fingerprint density at radius 3 is 2.17 bits per heavy atom. The molecule has 6 nitrogen and oxygen atoms in total. The van der Waals surface area contributed by atoms with E-state index in [2.05, 4.69) is 4.90 Å². The Kier molecular flexibility index (Phi) is 5.66. The van der Waals surface area contributed by atoms with Crippen LogP contribution in [0.2, 0.25) is 0 Å². The maximum atomic E-state index is 12.6. The maximum Gasteiger partial charge on any atom is 0.416 e. The van der Waals surface area contributed by atoms with Gasteiger partial charge in [-0.05, 0) is 24.3 Å². The fourth-order valence-electron chi connectivity index (χ4n) is 2.55. The zero-order valence-corrected chi connectivity index (χ0v) is 13.0. The van der Waals surface area contributed by atoms with Gasteiger partial charge in [-0.1, -0.05) is 0 Å². The van der Waals surface area contributed by atoms with Gasteiger partial charge in [0.05, 0.1) is 5.56 Å². The van der Waals surface area contributed by atoms with Crippen LogP contribution < -0.4 is 16.0 Å². The molecule has 0 spiro atoms. The van der Waals surface area contributed by atoms with E-state index in [0.29, 0.717) is 32.7 Å².